The molecule has 1 fully saturated rings. The molecule has 0 radical (unpaired) electrons. The Kier molecular flexibility index (Phi) is 1.68. The van der Waals surface area contributed by atoms with E-state index in [0.717, 1.165) is 5.92 Å². The fraction of sp³-hybridized carbons (Fsp3) is 0.667. The molecule has 1 aliphatic rings. The fourth-order valence-corrected chi connectivity index (χ4v) is 1.98. The summed E-state index contributed by atoms with van der Waals surface area (Å²) in [6.07, 6.45) is 9.43. The van der Waals surface area contributed by atoms with Crippen molar-refractivity contribution in [3.8, 4) is 0 Å². The second-order valence-electron chi connectivity index (χ2n) is 3.41. The lowest BCUT2D eigenvalue weighted by Crippen LogP contribution is -1.99. The van der Waals surface area contributed by atoms with Crippen molar-refractivity contribution in [1.82, 2.24) is 9.55 Å². The van der Waals surface area contributed by atoms with Gasteiger partial charge in [-0.1, -0.05) is 12.8 Å². The molecule has 1 aliphatic carbocycles. The van der Waals surface area contributed by atoms with E-state index in [2.05, 4.69) is 16.6 Å². The van der Waals surface area contributed by atoms with E-state index in [4.69, 9.17) is 0 Å². The number of hydrogen-bond acceptors (Lipinski definition) is 1. The molecule has 0 aliphatic heterocycles. The van der Waals surface area contributed by atoms with Gasteiger partial charge in [0.2, 0.25) is 0 Å². The Morgan fingerprint density at radius 2 is 2.18 bits per heavy atom. The molecule has 60 valence electrons. The molecule has 1 aromatic rings. The standard InChI is InChI=1S/C9H14N2/c1-11-7-10-6-9(11)8-4-2-3-5-8/h6-8H,2-5H2,1H3. The van der Waals surface area contributed by atoms with Crippen LogP contribution in [0, 0.1) is 0 Å². The van der Waals surface area contributed by atoms with Gasteiger partial charge >= 0.3 is 0 Å². The van der Waals surface area contributed by atoms with Crippen LogP contribution in [0.4, 0.5) is 0 Å². The van der Waals surface area contributed by atoms with E-state index in [1.165, 1.54) is 31.4 Å². The van der Waals surface area contributed by atoms with Crippen LogP contribution in [-0.2, 0) is 7.05 Å². The van der Waals surface area contributed by atoms with Crippen LogP contribution in [0.25, 0.3) is 0 Å². The van der Waals surface area contributed by atoms with Crippen LogP contribution in [0.2, 0.25) is 0 Å². The summed E-state index contributed by atoms with van der Waals surface area (Å²) in [6.45, 7) is 0. The molecule has 1 heterocycles. The number of rotatable bonds is 1. The van der Waals surface area contributed by atoms with Gasteiger partial charge in [-0.3, -0.25) is 0 Å². The van der Waals surface area contributed by atoms with Crippen LogP contribution in [0.1, 0.15) is 37.3 Å². The molecule has 0 N–H and O–H groups in total. The van der Waals surface area contributed by atoms with Gasteiger partial charge in [0.05, 0.1) is 6.33 Å². The predicted molar refractivity (Wildman–Crippen MR) is 44.4 cm³/mol. The molecule has 11 heavy (non-hydrogen) atoms. The van der Waals surface area contributed by atoms with Gasteiger partial charge in [0.1, 0.15) is 0 Å². The third-order valence-corrected chi connectivity index (χ3v) is 2.63. The van der Waals surface area contributed by atoms with Crippen LogP contribution in [0.3, 0.4) is 0 Å². The Hall–Kier alpha value is -0.790. The highest BCUT2D eigenvalue weighted by atomic mass is 15.0. The number of aryl methyl sites for hydroxylation is 1. The Labute approximate surface area is 67.3 Å². The Bertz CT molecular complexity index is 233. The minimum Gasteiger partial charge on any atom is -0.337 e. The van der Waals surface area contributed by atoms with Crippen LogP contribution >= 0.6 is 0 Å². The molecule has 0 aromatic carbocycles. The van der Waals surface area contributed by atoms with Gasteiger partial charge in [-0.15, -0.1) is 0 Å². The van der Waals surface area contributed by atoms with E-state index in [1.54, 1.807) is 0 Å². The highest BCUT2D eigenvalue weighted by Crippen LogP contribution is 2.33. The molecule has 0 bridgehead atoms. The summed E-state index contributed by atoms with van der Waals surface area (Å²) >= 11 is 0. The highest BCUT2D eigenvalue weighted by Gasteiger charge is 2.18. The zero-order chi connectivity index (χ0) is 7.68. The minimum atomic E-state index is 0.794. The summed E-state index contributed by atoms with van der Waals surface area (Å²) in [5, 5.41) is 0. The largest absolute Gasteiger partial charge is 0.337 e. The van der Waals surface area contributed by atoms with E-state index in [-0.39, 0.29) is 0 Å². The zero-order valence-corrected chi connectivity index (χ0v) is 6.95. The normalized spacial score (nSPS) is 19.4. The molecule has 1 aromatic heterocycles. The van der Waals surface area contributed by atoms with E-state index in [9.17, 15) is 0 Å². The van der Waals surface area contributed by atoms with E-state index in [0.29, 0.717) is 0 Å². The SMILES string of the molecule is Cn1cncc1C1CCCC1. The first-order chi connectivity index (χ1) is 5.38. The maximum absolute atomic E-state index is 4.13. The molecule has 0 saturated heterocycles. The quantitative estimate of drug-likeness (QED) is 0.599. The molecule has 2 nitrogen and oxygen atoms in total. The van der Waals surface area contributed by atoms with Gasteiger partial charge < -0.3 is 4.57 Å². The summed E-state index contributed by atoms with van der Waals surface area (Å²) in [7, 11) is 2.08. The zero-order valence-electron chi connectivity index (χ0n) is 6.95. The average Bonchev–Trinajstić information content (AvgIpc) is 2.55. The van der Waals surface area contributed by atoms with Gasteiger partial charge in [-0.2, -0.15) is 0 Å². The number of hydrogen-bond donors (Lipinski definition) is 0. The Balaban J connectivity index is 2.21. The van der Waals surface area contributed by atoms with Crippen molar-refractivity contribution in [2.75, 3.05) is 0 Å². The van der Waals surface area contributed by atoms with E-state index in [1.807, 2.05) is 12.5 Å². The first-order valence-electron chi connectivity index (χ1n) is 4.34. The molecule has 1 saturated carbocycles. The fourth-order valence-electron chi connectivity index (χ4n) is 1.98. The topological polar surface area (TPSA) is 17.8 Å². The summed E-state index contributed by atoms with van der Waals surface area (Å²) in [5.41, 5.74) is 1.42. The van der Waals surface area contributed by atoms with Crippen molar-refractivity contribution in [2.24, 2.45) is 7.05 Å². The smallest absolute Gasteiger partial charge is 0.0945 e. The van der Waals surface area contributed by atoms with Crippen molar-refractivity contribution in [2.45, 2.75) is 31.6 Å². The lowest BCUT2D eigenvalue weighted by molar-refractivity contribution is 0.656. The van der Waals surface area contributed by atoms with E-state index >= 15 is 0 Å². The predicted octanol–water partition coefficient (Wildman–Crippen LogP) is 2.08. The highest BCUT2D eigenvalue weighted by molar-refractivity contribution is 5.07. The van der Waals surface area contributed by atoms with Crippen molar-refractivity contribution in [1.29, 1.82) is 0 Å². The maximum Gasteiger partial charge on any atom is 0.0945 e. The Morgan fingerprint density at radius 1 is 1.45 bits per heavy atom. The average molecular weight is 150 g/mol. The molecule has 2 rings (SSSR count). The molecule has 0 unspecified atom stereocenters. The molecule has 0 atom stereocenters. The van der Waals surface area contributed by atoms with Crippen molar-refractivity contribution in [3.05, 3.63) is 18.2 Å². The summed E-state index contributed by atoms with van der Waals surface area (Å²) in [5.74, 6) is 0.794. The number of nitrogens with zero attached hydrogens (tertiary/aromatic N) is 2. The van der Waals surface area contributed by atoms with Crippen LogP contribution < -0.4 is 0 Å². The van der Waals surface area contributed by atoms with Gasteiger partial charge in [0, 0.05) is 24.9 Å². The van der Waals surface area contributed by atoms with Crippen molar-refractivity contribution < 1.29 is 0 Å². The number of aromatic nitrogens is 2. The van der Waals surface area contributed by atoms with Gasteiger partial charge in [-0.05, 0) is 12.8 Å². The second-order valence-corrected chi connectivity index (χ2v) is 3.41. The van der Waals surface area contributed by atoms with Crippen LogP contribution in [0.15, 0.2) is 12.5 Å². The summed E-state index contributed by atoms with van der Waals surface area (Å²) in [4.78, 5) is 4.13. The number of imidazole rings is 1. The maximum atomic E-state index is 4.13. The summed E-state index contributed by atoms with van der Waals surface area (Å²) < 4.78 is 2.15. The molecule has 0 amide bonds. The van der Waals surface area contributed by atoms with Gasteiger partial charge in [-0.25, -0.2) is 4.98 Å². The van der Waals surface area contributed by atoms with Crippen LogP contribution in [-0.4, -0.2) is 9.55 Å². The van der Waals surface area contributed by atoms with E-state index < -0.39 is 0 Å². The Morgan fingerprint density at radius 3 is 2.73 bits per heavy atom. The molecule has 0 spiro atoms. The van der Waals surface area contributed by atoms with Crippen LogP contribution in [0.5, 0.6) is 0 Å². The third-order valence-electron chi connectivity index (χ3n) is 2.63. The van der Waals surface area contributed by atoms with Gasteiger partial charge in [0.15, 0.2) is 0 Å². The third kappa shape index (κ3) is 1.17. The first-order valence-corrected chi connectivity index (χ1v) is 4.34. The molecular weight excluding hydrogens is 136 g/mol. The second kappa shape index (κ2) is 2.68. The molecule has 2 heteroatoms. The molecular formula is C9H14N2. The lowest BCUT2D eigenvalue weighted by atomic mass is 10.1. The minimum absolute atomic E-state index is 0.794. The first kappa shape index (κ1) is 6.89. The van der Waals surface area contributed by atoms with Crippen molar-refractivity contribution in [3.63, 3.8) is 0 Å². The van der Waals surface area contributed by atoms with Crippen molar-refractivity contribution >= 4 is 0 Å². The lowest BCUT2D eigenvalue weighted by Gasteiger charge is -2.08. The monoisotopic (exact) mass is 150 g/mol. The van der Waals surface area contributed by atoms with Gasteiger partial charge in [0.25, 0.3) is 0 Å². The summed E-state index contributed by atoms with van der Waals surface area (Å²) in [6, 6.07) is 0.